The van der Waals surface area contributed by atoms with Crippen molar-refractivity contribution >= 4 is 5.97 Å². The average Bonchev–Trinajstić information content (AvgIpc) is 2.87. The van der Waals surface area contributed by atoms with Crippen molar-refractivity contribution < 1.29 is 14.3 Å². The molecule has 3 rings (SSSR count). The maximum Gasteiger partial charge on any atom is 0.333 e. The van der Waals surface area contributed by atoms with Crippen LogP contribution < -0.4 is 4.74 Å². The van der Waals surface area contributed by atoms with Crippen LogP contribution in [0.3, 0.4) is 0 Å². The number of hydrogen-bond acceptors (Lipinski definition) is 3. The monoisotopic (exact) mass is 286 g/mol. The molecule has 1 aliphatic heterocycles. The Kier molecular flexibility index (Phi) is 3.75. The highest BCUT2D eigenvalue weighted by atomic mass is 16.5. The molecule has 0 atom stereocenters. The van der Waals surface area contributed by atoms with Crippen LogP contribution in [0.25, 0.3) is 0 Å². The summed E-state index contributed by atoms with van der Waals surface area (Å²) in [6.07, 6.45) is 4.02. The molecule has 1 aliphatic carbocycles. The molecule has 21 heavy (non-hydrogen) atoms. The Morgan fingerprint density at radius 3 is 2.71 bits per heavy atom. The largest absolute Gasteiger partial charge is 0.492 e. The highest BCUT2D eigenvalue weighted by Crippen LogP contribution is 2.49. The van der Waals surface area contributed by atoms with E-state index in [-0.39, 0.29) is 11.4 Å². The molecule has 1 fully saturated rings. The van der Waals surface area contributed by atoms with Gasteiger partial charge < -0.3 is 9.47 Å². The van der Waals surface area contributed by atoms with Crippen LogP contribution in [0, 0.1) is 0 Å². The van der Waals surface area contributed by atoms with E-state index in [1.54, 1.807) is 0 Å². The number of rotatable bonds is 2. The van der Waals surface area contributed by atoms with Crippen LogP contribution in [0.4, 0.5) is 0 Å². The minimum atomic E-state index is -0.161. The topological polar surface area (TPSA) is 35.5 Å². The fourth-order valence-corrected chi connectivity index (χ4v) is 3.53. The SMILES string of the molecule is CCOC(=O)C(C)=C1CCC2(CC1)COc1ccccc12. The smallest absolute Gasteiger partial charge is 0.333 e. The van der Waals surface area contributed by atoms with E-state index >= 15 is 0 Å². The normalized spacial score (nSPS) is 23.6. The van der Waals surface area contributed by atoms with Gasteiger partial charge in [0.25, 0.3) is 0 Å². The first-order chi connectivity index (χ1) is 10.2. The number of allylic oxidation sites excluding steroid dienone is 1. The molecule has 0 radical (unpaired) electrons. The quantitative estimate of drug-likeness (QED) is 0.613. The fraction of sp³-hybridized carbons (Fsp3) is 0.500. The number of ether oxygens (including phenoxy) is 2. The number of fused-ring (bicyclic) bond motifs is 2. The average molecular weight is 286 g/mol. The van der Waals surface area contributed by atoms with Crippen LogP contribution in [0.1, 0.15) is 45.1 Å². The van der Waals surface area contributed by atoms with E-state index in [0.29, 0.717) is 6.61 Å². The lowest BCUT2D eigenvalue weighted by Gasteiger charge is -2.34. The minimum absolute atomic E-state index is 0.148. The van der Waals surface area contributed by atoms with Crippen LogP contribution >= 0.6 is 0 Å². The Balaban J connectivity index is 1.77. The Morgan fingerprint density at radius 1 is 1.29 bits per heavy atom. The third kappa shape index (κ3) is 2.45. The minimum Gasteiger partial charge on any atom is -0.492 e. The highest BCUT2D eigenvalue weighted by molar-refractivity contribution is 5.88. The Bertz CT molecular complexity index is 576. The van der Waals surface area contributed by atoms with Gasteiger partial charge in [0.2, 0.25) is 0 Å². The summed E-state index contributed by atoms with van der Waals surface area (Å²) < 4.78 is 11.0. The lowest BCUT2D eigenvalue weighted by atomic mass is 9.69. The lowest BCUT2D eigenvalue weighted by Crippen LogP contribution is -2.31. The summed E-state index contributed by atoms with van der Waals surface area (Å²) >= 11 is 0. The molecule has 0 N–H and O–H groups in total. The van der Waals surface area contributed by atoms with E-state index in [0.717, 1.165) is 43.6 Å². The Morgan fingerprint density at radius 2 is 2.00 bits per heavy atom. The highest BCUT2D eigenvalue weighted by Gasteiger charge is 2.42. The second-order valence-corrected chi connectivity index (χ2v) is 6.01. The van der Waals surface area contributed by atoms with Gasteiger partial charge in [-0.1, -0.05) is 23.8 Å². The van der Waals surface area contributed by atoms with Crippen molar-refractivity contribution in [2.45, 2.75) is 44.9 Å². The van der Waals surface area contributed by atoms with Crippen LogP contribution in [-0.2, 0) is 14.9 Å². The zero-order valence-corrected chi connectivity index (χ0v) is 12.8. The van der Waals surface area contributed by atoms with Crippen LogP contribution in [-0.4, -0.2) is 19.2 Å². The molecular weight excluding hydrogens is 264 g/mol. The van der Waals surface area contributed by atoms with Gasteiger partial charge >= 0.3 is 5.97 Å². The van der Waals surface area contributed by atoms with Gasteiger partial charge in [-0.25, -0.2) is 4.79 Å². The first-order valence-electron chi connectivity index (χ1n) is 7.74. The third-order valence-corrected chi connectivity index (χ3v) is 4.88. The van der Waals surface area contributed by atoms with Crippen LogP contribution in [0.5, 0.6) is 5.75 Å². The van der Waals surface area contributed by atoms with Crippen LogP contribution in [0.2, 0.25) is 0 Å². The van der Waals surface area contributed by atoms with E-state index in [4.69, 9.17) is 9.47 Å². The second-order valence-electron chi connectivity index (χ2n) is 6.01. The molecule has 0 saturated heterocycles. The maximum atomic E-state index is 11.8. The Hall–Kier alpha value is -1.77. The molecule has 3 heteroatoms. The van der Waals surface area contributed by atoms with Crippen molar-refractivity contribution in [2.24, 2.45) is 0 Å². The van der Waals surface area contributed by atoms with Crippen LogP contribution in [0.15, 0.2) is 35.4 Å². The molecule has 2 aliphatic rings. The number of para-hydroxylation sites is 1. The standard InChI is InChI=1S/C18H22O3/c1-3-20-17(19)13(2)14-8-10-18(11-9-14)12-21-16-7-5-4-6-15(16)18/h4-7H,3,8-12H2,1-2H3. The predicted octanol–water partition coefficient (Wildman–Crippen LogP) is 3.77. The van der Waals surface area contributed by atoms with Crippen molar-refractivity contribution in [1.82, 2.24) is 0 Å². The maximum absolute atomic E-state index is 11.8. The van der Waals surface area contributed by atoms with Gasteiger partial charge in [0.05, 0.1) is 13.2 Å². The molecular formula is C18H22O3. The van der Waals surface area contributed by atoms with E-state index in [1.165, 1.54) is 11.1 Å². The molecule has 112 valence electrons. The van der Waals surface area contributed by atoms with Crippen molar-refractivity contribution in [2.75, 3.05) is 13.2 Å². The third-order valence-electron chi connectivity index (χ3n) is 4.88. The summed E-state index contributed by atoms with van der Waals surface area (Å²) in [5.74, 6) is 0.874. The summed E-state index contributed by atoms with van der Waals surface area (Å²) in [5, 5.41) is 0. The summed E-state index contributed by atoms with van der Waals surface area (Å²) in [5.41, 5.74) is 3.55. The number of benzene rings is 1. The molecule has 1 aromatic carbocycles. The van der Waals surface area contributed by atoms with Gasteiger partial charge in [-0.15, -0.1) is 0 Å². The predicted molar refractivity (Wildman–Crippen MR) is 81.4 cm³/mol. The van der Waals surface area contributed by atoms with Crippen molar-refractivity contribution in [1.29, 1.82) is 0 Å². The van der Waals surface area contributed by atoms with Gasteiger partial charge in [-0.3, -0.25) is 0 Å². The molecule has 0 amide bonds. The van der Waals surface area contributed by atoms with E-state index < -0.39 is 0 Å². The zero-order chi connectivity index (χ0) is 14.9. The molecule has 0 aromatic heterocycles. The number of carbonyl (C=O) groups is 1. The van der Waals surface area contributed by atoms with Crippen molar-refractivity contribution in [3.63, 3.8) is 0 Å². The molecule has 1 aromatic rings. The van der Waals surface area contributed by atoms with Crippen molar-refractivity contribution in [3.05, 3.63) is 41.0 Å². The van der Waals surface area contributed by atoms with Gasteiger partial charge in [-0.2, -0.15) is 0 Å². The molecule has 0 bridgehead atoms. The van der Waals surface area contributed by atoms with Gasteiger partial charge in [0, 0.05) is 16.6 Å². The summed E-state index contributed by atoms with van der Waals surface area (Å²) in [6, 6.07) is 8.36. The van der Waals surface area contributed by atoms with E-state index in [2.05, 4.69) is 18.2 Å². The first-order valence-corrected chi connectivity index (χ1v) is 7.74. The van der Waals surface area contributed by atoms with Crippen molar-refractivity contribution in [3.8, 4) is 5.75 Å². The summed E-state index contributed by atoms with van der Waals surface area (Å²) in [4.78, 5) is 11.8. The van der Waals surface area contributed by atoms with Gasteiger partial charge in [-0.05, 0) is 45.6 Å². The summed E-state index contributed by atoms with van der Waals surface area (Å²) in [6.45, 7) is 4.95. The fourth-order valence-electron chi connectivity index (χ4n) is 3.53. The summed E-state index contributed by atoms with van der Waals surface area (Å²) in [7, 11) is 0. The second kappa shape index (κ2) is 5.55. The van der Waals surface area contributed by atoms with Gasteiger partial charge in [0.15, 0.2) is 0 Å². The molecule has 1 spiro atoms. The number of carbonyl (C=O) groups excluding carboxylic acids is 1. The lowest BCUT2D eigenvalue weighted by molar-refractivity contribution is -0.138. The van der Waals surface area contributed by atoms with E-state index in [1.807, 2.05) is 19.9 Å². The number of esters is 1. The Labute approximate surface area is 125 Å². The molecule has 0 unspecified atom stereocenters. The van der Waals surface area contributed by atoms with E-state index in [9.17, 15) is 4.79 Å². The van der Waals surface area contributed by atoms with Gasteiger partial charge in [0.1, 0.15) is 5.75 Å². The zero-order valence-electron chi connectivity index (χ0n) is 12.8. The molecule has 1 heterocycles. The molecule has 1 saturated carbocycles. The molecule has 3 nitrogen and oxygen atoms in total. The first kappa shape index (κ1) is 14.2. The number of hydrogen-bond donors (Lipinski definition) is 0.